The van der Waals surface area contributed by atoms with Crippen LogP contribution in [0.25, 0.3) is 61.0 Å². The predicted octanol–water partition coefficient (Wildman–Crippen LogP) is 10.3. The summed E-state index contributed by atoms with van der Waals surface area (Å²) in [6.07, 6.45) is 7.10. The van der Waals surface area contributed by atoms with Crippen LogP contribution in [0.4, 0.5) is 0 Å². The number of para-hydroxylation sites is 2. The molecule has 0 saturated heterocycles. The Labute approximate surface area is 303 Å². The Hall–Kier alpha value is -5.77. The van der Waals surface area contributed by atoms with Gasteiger partial charge in [-0.1, -0.05) is 84.9 Å². The maximum atomic E-state index is 12.2. The normalized spacial score (nSPS) is 11.3. The molecule has 6 heteroatoms. The summed E-state index contributed by atoms with van der Waals surface area (Å²) in [5, 5.41) is 16.4. The van der Waals surface area contributed by atoms with Crippen LogP contribution in [0.2, 0.25) is 0 Å². The summed E-state index contributed by atoms with van der Waals surface area (Å²) in [5.74, 6) is 0.909. The molecule has 0 aliphatic heterocycles. The van der Waals surface area contributed by atoms with E-state index in [0.29, 0.717) is 23.3 Å². The summed E-state index contributed by atoms with van der Waals surface area (Å²) in [6.45, 7) is 0. The predicted molar refractivity (Wildman–Crippen MR) is 196 cm³/mol. The standard InChI is InChI=1S/C44H30N3O2.Pt/c48-42-38(40-28-47(34-17-5-2-6-18-34)44(46-40)31-14-3-1-4-15-31)25-37-36-20-9-10-21-41(36)49-43(37)39(42)24-30-13-11-12-29(22-30)23-33-27-45-26-32-16-7-8-19-35(32)33;/h1-14,16-22,25-28,48H,23-24H2;/q-1;. The minimum atomic E-state index is 0. The molecule has 0 spiro atoms. The summed E-state index contributed by atoms with van der Waals surface area (Å²) in [4.78, 5) is 9.62. The molecule has 0 unspecified atom stereocenters. The molecule has 244 valence electrons. The molecule has 6 aromatic carbocycles. The second-order valence-electron chi connectivity index (χ2n) is 12.4. The molecular weight excluding hydrogens is 798 g/mol. The molecule has 0 aliphatic rings. The molecule has 0 radical (unpaired) electrons. The van der Waals surface area contributed by atoms with Gasteiger partial charge in [0.05, 0.1) is 11.5 Å². The SMILES string of the molecule is Oc1c(-c2cn(-c3ccccc3)c(-c3[c-]cccc3)n2)cc2c(oc3ccccc32)c1Cc1cccc(Cc2cncc3ccccc23)c1.[Pt]. The van der Waals surface area contributed by atoms with Crippen LogP contribution in [0.3, 0.4) is 0 Å². The van der Waals surface area contributed by atoms with Gasteiger partial charge in [0.2, 0.25) is 0 Å². The minimum absolute atomic E-state index is 0. The Bertz CT molecular complexity index is 2560. The number of hydrogen-bond acceptors (Lipinski definition) is 4. The Balaban J connectivity index is 0.00000361. The third-order valence-electron chi connectivity index (χ3n) is 9.22. The third kappa shape index (κ3) is 5.70. The second kappa shape index (κ2) is 13.3. The van der Waals surface area contributed by atoms with Crippen LogP contribution in [0.1, 0.15) is 22.3 Å². The maximum absolute atomic E-state index is 12.2. The molecule has 3 heterocycles. The van der Waals surface area contributed by atoms with E-state index in [1.54, 1.807) is 0 Å². The molecule has 9 rings (SSSR count). The fourth-order valence-corrected chi connectivity index (χ4v) is 6.89. The van der Waals surface area contributed by atoms with Crippen molar-refractivity contribution in [3.63, 3.8) is 0 Å². The maximum Gasteiger partial charge on any atom is 0.142 e. The van der Waals surface area contributed by atoms with Gasteiger partial charge in [0.15, 0.2) is 0 Å². The number of imidazole rings is 1. The van der Waals surface area contributed by atoms with E-state index in [9.17, 15) is 5.11 Å². The van der Waals surface area contributed by atoms with Crippen molar-refractivity contribution in [2.45, 2.75) is 12.8 Å². The van der Waals surface area contributed by atoms with Crippen molar-refractivity contribution in [3.05, 3.63) is 180 Å². The van der Waals surface area contributed by atoms with Gasteiger partial charge in [-0.25, -0.2) is 0 Å². The van der Waals surface area contributed by atoms with Gasteiger partial charge < -0.3 is 14.1 Å². The van der Waals surface area contributed by atoms with Crippen molar-refractivity contribution in [3.8, 4) is 34.1 Å². The first-order valence-corrected chi connectivity index (χ1v) is 16.4. The van der Waals surface area contributed by atoms with Gasteiger partial charge in [-0.3, -0.25) is 9.97 Å². The summed E-state index contributed by atoms with van der Waals surface area (Å²) < 4.78 is 8.53. The monoisotopic (exact) mass is 827 g/mol. The average Bonchev–Trinajstić information content (AvgIpc) is 3.76. The average molecular weight is 828 g/mol. The zero-order valence-corrected chi connectivity index (χ0v) is 29.1. The quantitative estimate of drug-likeness (QED) is 0.163. The molecule has 0 atom stereocenters. The Morgan fingerprint density at radius 3 is 2.30 bits per heavy atom. The zero-order chi connectivity index (χ0) is 32.7. The van der Waals surface area contributed by atoms with Gasteiger partial charge in [0.1, 0.15) is 16.9 Å². The van der Waals surface area contributed by atoms with Crippen LogP contribution in [0.5, 0.6) is 5.75 Å². The van der Waals surface area contributed by atoms with E-state index in [4.69, 9.17) is 9.40 Å². The summed E-state index contributed by atoms with van der Waals surface area (Å²) in [6, 6.07) is 48.3. The molecule has 0 fully saturated rings. The van der Waals surface area contributed by atoms with Gasteiger partial charge in [-0.2, -0.15) is 0 Å². The van der Waals surface area contributed by atoms with E-state index in [1.807, 2.05) is 91.4 Å². The Morgan fingerprint density at radius 1 is 0.700 bits per heavy atom. The molecule has 1 N–H and O–H groups in total. The molecule has 50 heavy (non-hydrogen) atoms. The minimum Gasteiger partial charge on any atom is -0.507 e. The first kappa shape index (κ1) is 31.5. The van der Waals surface area contributed by atoms with Gasteiger partial charge in [0, 0.05) is 79.0 Å². The van der Waals surface area contributed by atoms with Crippen molar-refractivity contribution >= 4 is 32.7 Å². The van der Waals surface area contributed by atoms with Crippen LogP contribution in [-0.4, -0.2) is 19.6 Å². The number of hydrogen-bond donors (Lipinski definition) is 1. The smallest absolute Gasteiger partial charge is 0.142 e. The van der Waals surface area contributed by atoms with Gasteiger partial charge in [-0.15, -0.1) is 35.9 Å². The van der Waals surface area contributed by atoms with Gasteiger partial charge >= 0.3 is 0 Å². The molecule has 0 aliphatic carbocycles. The van der Waals surface area contributed by atoms with Crippen LogP contribution >= 0.6 is 0 Å². The van der Waals surface area contributed by atoms with Crippen molar-refractivity contribution in [2.24, 2.45) is 0 Å². The molecule has 3 aromatic heterocycles. The first-order valence-electron chi connectivity index (χ1n) is 16.4. The van der Waals surface area contributed by atoms with Gasteiger partial charge in [0.25, 0.3) is 0 Å². The van der Waals surface area contributed by atoms with E-state index < -0.39 is 0 Å². The first-order chi connectivity index (χ1) is 24.2. The van der Waals surface area contributed by atoms with Gasteiger partial charge in [-0.05, 0) is 52.8 Å². The van der Waals surface area contributed by atoms with Crippen molar-refractivity contribution < 1.29 is 30.6 Å². The number of aromatic nitrogens is 3. The number of phenolic OH excluding ortho intramolecular Hbond substituents is 1. The van der Waals surface area contributed by atoms with Crippen molar-refractivity contribution in [2.75, 3.05) is 0 Å². The molecule has 5 nitrogen and oxygen atoms in total. The summed E-state index contributed by atoms with van der Waals surface area (Å²) in [7, 11) is 0. The zero-order valence-electron chi connectivity index (χ0n) is 26.9. The van der Waals surface area contributed by atoms with E-state index in [1.165, 1.54) is 16.5 Å². The number of rotatable bonds is 7. The fourth-order valence-electron chi connectivity index (χ4n) is 6.89. The number of nitrogens with zero attached hydrogens (tertiary/aromatic N) is 3. The van der Waals surface area contributed by atoms with E-state index >= 15 is 0 Å². The van der Waals surface area contributed by atoms with Crippen molar-refractivity contribution in [1.29, 1.82) is 0 Å². The number of phenols is 1. The van der Waals surface area contributed by atoms with Crippen molar-refractivity contribution in [1.82, 2.24) is 14.5 Å². The molecule has 0 bridgehead atoms. The van der Waals surface area contributed by atoms with E-state index in [2.05, 4.69) is 76.3 Å². The third-order valence-corrected chi connectivity index (χ3v) is 9.22. The summed E-state index contributed by atoms with van der Waals surface area (Å²) in [5.41, 5.74) is 8.79. The van der Waals surface area contributed by atoms with Crippen LogP contribution < -0.4 is 0 Å². The largest absolute Gasteiger partial charge is 0.507 e. The van der Waals surface area contributed by atoms with Crippen LogP contribution in [-0.2, 0) is 33.9 Å². The van der Waals surface area contributed by atoms with E-state index in [0.717, 1.165) is 56.4 Å². The Morgan fingerprint density at radius 2 is 1.46 bits per heavy atom. The van der Waals surface area contributed by atoms with E-state index in [-0.39, 0.29) is 26.8 Å². The number of aromatic hydroxyl groups is 1. The molecule has 9 aromatic rings. The number of furan rings is 1. The molecular formula is C44H30N3O2Pt-. The second-order valence-corrected chi connectivity index (χ2v) is 12.4. The Kier molecular flexibility index (Phi) is 8.36. The molecule has 0 saturated carbocycles. The van der Waals surface area contributed by atoms with Crippen LogP contribution in [0.15, 0.2) is 156 Å². The number of fused-ring (bicyclic) bond motifs is 4. The topological polar surface area (TPSA) is 64.1 Å². The summed E-state index contributed by atoms with van der Waals surface area (Å²) >= 11 is 0. The number of pyridine rings is 1. The fraction of sp³-hybridized carbons (Fsp3) is 0.0455. The van der Waals surface area contributed by atoms with Crippen LogP contribution in [0, 0.1) is 6.07 Å². The molecule has 0 amide bonds. The number of benzene rings is 6.